The molecule has 0 bridgehead atoms. The van der Waals surface area contributed by atoms with E-state index in [1.165, 1.54) is 6.07 Å². The van der Waals surface area contributed by atoms with E-state index in [1.54, 1.807) is 36.5 Å². The Morgan fingerprint density at radius 1 is 0.867 bits per heavy atom. The summed E-state index contributed by atoms with van der Waals surface area (Å²) in [4.78, 5) is 4.10. The second-order valence-corrected chi connectivity index (χ2v) is 7.69. The van der Waals surface area contributed by atoms with Gasteiger partial charge in [0.25, 0.3) is 10.1 Å². The fourth-order valence-corrected chi connectivity index (χ4v) is 3.70. The number of fused-ring (bicyclic) bond motifs is 1. The molecule has 0 aliphatic heterocycles. The number of benzene rings is 3. The molecule has 0 spiro atoms. The molecule has 0 saturated heterocycles. The molecule has 30 heavy (non-hydrogen) atoms. The summed E-state index contributed by atoms with van der Waals surface area (Å²) in [7, 11) is -4.46. The number of nitrogen functional groups attached to an aromatic ring is 1. The number of nitrogens with zero attached hydrogens (tertiary/aromatic N) is 3. The first-order valence-electron chi connectivity index (χ1n) is 8.65. The van der Waals surface area contributed by atoms with Crippen LogP contribution in [0, 0.1) is 0 Å². The topological polar surface area (TPSA) is 118 Å². The van der Waals surface area contributed by atoms with Crippen LogP contribution in [0.25, 0.3) is 22.0 Å². The van der Waals surface area contributed by atoms with Crippen LogP contribution in [0.5, 0.6) is 0 Å². The number of pyridine rings is 1. The molecule has 3 N–H and O–H groups in total. The first kappa shape index (κ1) is 22.1. The molecular formula is C21H17N4NaO3S. The van der Waals surface area contributed by atoms with Crippen molar-refractivity contribution >= 4 is 67.5 Å². The zero-order valence-corrected chi connectivity index (χ0v) is 15.9. The molecule has 0 aliphatic carbocycles. The Labute approximate surface area is 195 Å². The third-order valence-electron chi connectivity index (χ3n) is 4.39. The molecule has 1 heterocycles. The van der Waals surface area contributed by atoms with E-state index in [0.717, 1.165) is 11.3 Å². The van der Waals surface area contributed by atoms with Crippen LogP contribution in [0.1, 0.15) is 0 Å². The number of hydrogen-bond acceptors (Lipinski definition) is 6. The van der Waals surface area contributed by atoms with Crippen LogP contribution in [0.2, 0.25) is 0 Å². The molecular weight excluding hydrogens is 411 g/mol. The summed E-state index contributed by atoms with van der Waals surface area (Å²) < 4.78 is 33.2. The minimum atomic E-state index is -4.46. The number of aromatic nitrogens is 1. The van der Waals surface area contributed by atoms with Gasteiger partial charge in [-0.05, 0) is 18.2 Å². The quantitative estimate of drug-likeness (QED) is 0.215. The van der Waals surface area contributed by atoms with E-state index < -0.39 is 10.1 Å². The SMILES string of the molecule is Nc1c(/N=N/c2ccc(-c3ccccc3)nc2)cc(S(=O)(=O)O)c2ccccc12.[NaH]. The zero-order valence-electron chi connectivity index (χ0n) is 15.1. The van der Waals surface area contributed by atoms with Crippen molar-refractivity contribution in [3.8, 4) is 11.3 Å². The molecule has 0 aliphatic rings. The van der Waals surface area contributed by atoms with E-state index in [-0.39, 0.29) is 45.8 Å². The molecule has 0 amide bonds. The molecule has 4 rings (SSSR count). The Kier molecular flexibility index (Phi) is 6.64. The predicted molar refractivity (Wildman–Crippen MR) is 119 cm³/mol. The Hall–Kier alpha value is -2.62. The van der Waals surface area contributed by atoms with E-state index in [1.807, 2.05) is 36.4 Å². The van der Waals surface area contributed by atoms with E-state index in [4.69, 9.17) is 5.73 Å². The average Bonchev–Trinajstić information content (AvgIpc) is 2.73. The maximum atomic E-state index is 11.8. The molecule has 9 heteroatoms. The van der Waals surface area contributed by atoms with Gasteiger partial charge in [-0.15, -0.1) is 10.2 Å². The molecule has 0 atom stereocenters. The third kappa shape index (κ3) is 4.58. The molecule has 4 aromatic rings. The molecule has 0 fully saturated rings. The number of nitrogens with two attached hydrogens (primary N) is 1. The van der Waals surface area contributed by atoms with Crippen molar-refractivity contribution in [3.63, 3.8) is 0 Å². The molecule has 0 unspecified atom stereocenters. The van der Waals surface area contributed by atoms with Gasteiger partial charge in [-0.1, -0.05) is 54.6 Å². The van der Waals surface area contributed by atoms with Crippen LogP contribution < -0.4 is 5.73 Å². The van der Waals surface area contributed by atoms with E-state index >= 15 is 0 Å². The van der Waals surface area contributed by atoms with Crippen LogP contribution >= 0.6 is 0 Å². The average molecular weight is 428 g/mol. The maximum absolute atomic E-state index is 11.8. The van der Waals surface area contributed by atoms with E-state index in [0.29, 0.717) is 16.5 Å². The van der Waals surface area contributed by atoms with Crippen LogP contribution in [-0.2, 0) is 10.1 Å². The monoisotopic (exact) mass is 428 g/mol. The van der Waals surface area contributed by atoms with E-state index in [2.05, 4.69) is 15.2 Å². The first-order valence-corrected chi connectivity index (χ1v) is 10.1. The zero-order chi connectivity index (χ0) is 20.4. The summed E-state index contributed by atoms with van der Waals surface area (Å²) in [5.74, 6) is 0. The third-order valence-corrected chi connectivity index (χ3v) is 5.29. The number of anilines is 1. The van der Waals surface area contributed by atoms with Crippen molar-refractivity contribution in [3.05, 3.63) is 79.0 Å². The fraction of sp³-hybridized carbons (Fsp3) is 0. The fourth-order valence-electron chi connectivity index (χ4n) is 2.98. The number of rotatable bonds is 4. The van der Waals surface area contributed by atoms with Crippen molar-refractivity contribution in [1.82, 2.24) is 4.98 Å². The van der Waals surface area contributed by atoms with Gasteiger partial charge >= 0.3 is 29.6 Å². The standard InChI is InChI=1S/C21H16N4O3S.Na.H/c22-21-17-9-5-4-8-16(17)20(29(26,27)28)12-19(21)25-24-15-10-11-18(23-13-15)14-6-2-1-3-7-14;;/h1-13H,22H2,(H,26,27,28);;/b25-24+;;. The van der Waals surface area contributed by atoms with Crippen LogP contribution in [0.4, 0.5) is 17.1 Å². The summed E-state index contributed by atoms with van der Waals surface area (Å²) in [5.41, 5.74) is 8.81. The number of hydrogen-bond donors (Lipinski definition) is 2. The van der Waals surface area contributed by atoms with Gasteiger partial charge in [0.15, 0.2) is 0 Å². The van der Waals surface area contributed by atoms with Crippen LogP contribution in [0.15, 0.2) is 94.1 Å². The van der Waals surface area contributed by atoms with Crippen LogP contribution in [-0.4, -0.2) is 47.5 Å². The van der Waals surface area contributed by atoms with Gasteiger partial charge in [0.1, 0.15) is 16.3 Å². The summed E-state index contributed by atoms with van der Waals surface area (Å²) in [5, 5.41) is 8.98. The number of azo groups is 1. The van der Waals surface area contributed by atoms with Crippen molar-refractivity contribution in [1.29, 1.82) is 0 Å². The predicted octanol–water partition coefficient (Wildman–Crippen LogP) is 4.50. The molecule has 3 aromatic carbocycles. The van der Waals surface area contributed by atoms with Gasteiger partial charge in [0.05, 0.1) is 17.6 Å². The summed E-state index contributed by atoms with van der Waals surface area (Å²) >= 11 is 0. The molecule has 0 radical (unpaired) electrons. The van der Waals surface area contributed by atoms with Gasteiger partial charge in [0, 0.05) is 16.3 Å². The van der Waals surface area contributed by atoms with Crippen molar-refractivity contribution < 1.29 is 13.0 Å². The summed E-state index contributed by atoms with van der Waals surface area (Å²) in [6, 6.07) is 21.1. The summed E-state index contributed by atoms with van der Waals surface area (Å²) in [6.07, 6.45) is 1.56. The van der Waals surface area contributed by atoms with Crippen LogP contribution in [0.3, 0.4) is 0 Å². The normalized spacial score (nSPS) is 11.5. The second kappa shape index (κ2) is 9.03. The Bertz CT molecular complexity index is 1330. The van der Waals surface area contributed by atoms with Gasteiger partial charge < -0.3 is 5.73 Å². The second-order valence-electron chi connectivity index (χ2n) is 6.30. The van der Waals surface area contributed by atoms with Crippen molar-refractivity contribution in [2.45, 2.75) is 4.90 Å². The minimum absolute atomic E-state index is 0. The van der Waals surface area contributed by atoms with E-state index in [9.17, 15) is 13.0 Å². The van der Waals surface area contributed by atoms with Gasteiger partial charge in [-0.25, -0.2) is 0 Å². The Morgan fingerprint density at radius 2 is 1.53 bits per heavy atom. The van der Waals surface area contributed by atoms with Gasteiger partial charge in [-0.3, -0.25) is 9.54 Å². The molecule has 0 saturated carbocycles. The van der Waals surface area contributed by atoms with Crippen molar-refractivity contribution in [2.24, 2.45) is 10.2 Å². The van der Waals surface area contributed by atoms with Crippen molar-refractivity contribution in [2.75, 3.05) is 5.73 Å². The summed E-state index contributed by atoms with van der Waals surface area (Å²) in [6.45, 7) is 0. The molecule has 146 valence electrons. The first-order chi connectivity index (χ1) is 13.9. The molecule has 1 aromatic heterocycles. The molecule has 7 nitrogen and oxygen atoms in total. The Balaban J connectivity index is 0.00000256. The van der Waals surface area contributed by atoms with Gasteiger partial charge in [0.2, 0.25) is 0 Å². The Morgan fingerprint density at radius 3 is 2.17 bits per heavy atom. The van der Waals surface area contributed by atoms with Gasteiger partial charge in [-0.2, -0.15) is 8.42 Å².